The molecular formula is C17H17ClN2O. The molecule has 4 heteroatoms. The molecule has 0 radical (unpaired) electrons. The van der Waals surface area contributed by atoms with Crippen molar-refractivity contribution >= 4 is 22.9 Å². The quantitative estimate of drug-likeness (QED) is 0.811. The number of aromatic nitrogens is 2. The van der Waals surface area contributed by atoms with Crippen LogP contribution in [0.25, 0.3) is 5.03 Å². The molecule has 1 aromatic carbocycles. The number of allylic oxidation sites excluding steroid dienone is 1. The zero-order valence-corrected chi connectivity index (χ0v) is 12.9. The van der Waals surface area contributed by atoms with Crippen LogP contribution in [0.4, 0.5) is 0 Å². The summed E-state index contributed by atoms with van der Waals surface area (Å²) < 4.78 is 1.90. The second-order valence-electron chi connectivity index (χ2n) is 5.42. The lowest BCUT2D eigenvalue weighted by molar-refractivity contribution is -0.105. The molecule has 21 heavy (non-hydrogen) atoms. The van der Waals surface area contributed by atoms with Crippen LogP contribution in [0.2, 0.25) is 0 Å². The van der Waals surface area contributed by atoms with Gasteiger partial charge in [-0.25, -0.2) is 0 Å². The summed E-state index contributed by atoms with van der Waals surface area (Å²) in [5, 5.41) is 5.17. The smallest absolute Gasteiger partial charge is 0.147 e. The van der Waals surface area contributed by atoms with Crippen molar-refractivity contribution in [3.05, 3.63) is 58.4 Å². The highest BCUT2D eigenvalue weighted by Crippen LogP contribution is 2.39. The minimum atomic E-state index is 0.173. The Morgan fingerprint density at radius 1 is 1.29 bits per heavy atom. The Morgan fingerprint density at radius 3 is 2.67 bits per heavy atom. The summed E-state index contributed by atoms with van der Waals surface area (Å²) in [6, 6.07) is 10.3. The van der Waals surface area contributed by atoms with Crippen molar-refractivity contribution in [1.82, 2.24) is 9.78 Å². The minimum Gasteiger partial charge on any atom is -0.298 e. The Bertz CT molecular complexity index is 716. The first-order chi connectivity index (χ1) is 10.1. The first kappa shape index (κ1) is 14.1. The molecule has 3 nitrogen and oxygen atoms in total. The van der Waals surface area contributed by atoms with Gasteiger partial charge in [0.25, 0.3) is 0 Å². The van der Waals surface area contributed by atoms with E-state index in [4.69, 9.17) is 11.6 Å². The van der Waals surface area contributed by atoms with E-state index in [1.54, 1.807) is 0 Å². The van der Waals surface area contributed by atoms with Gasteiger partial charge in [0.15, 0.2) is 0 Å². The van der Waals surface area contributed by atoms with Gasteiger partial charge in [-0.15, -0.1) is 0 Å². The van der Waals surface area contributed by atoms with E-state index in [9.17, 15) is 4.79 Å². The zero-order valence-electron chi connectivity index (χ0n) is 12.1. The fourth-order valence-corrected chi connectivity index (χ4v) is 3.38. The van der Waals surface area contributed by atoms with Crippen LogP contribution in [0.5, 0.6) is 0 Å². The van der Waals surface area contributed by atoms with Gasteiger partial charge < -0.3 is 0 Å². The standard InChI is InChI=1S/C17H17ClN2O/c1-11(12-6-4-3-5-7-12)17-15-14(19-20(17)2)9-8-13(10-21)16(15)18/h3-7,10-11H,8-9H2,1-2H3. The third kappa shape index (κ3) is 2.32. The molecular weight excluding hydrogens is 284 g/mol. The Labute approximate surface area is 129 Å². The summed E-state index contributed by atoms with van der Waals surface area (Å²) in [5.41, 5.74) is 4.90. The van der Waals surface area contributed by atoms with Gasteiger partial charge in [0, 0.05) is 24.1 Å². The van der Waals surface area contributed by atoms with E-state index >= 15 is 0 Å². The van der Waals surface area contributed by atoms with Crippen LogP contribution < -0.4 is 0 Å². The van der Waals surface area contributed by atoms with E-state index in [1.807, 2.05) is 29.9 Å². The monoisotopic (exact) mass is 300 g/mol. The molecule has 2 aromatic rings. The van der Waals surface area contributed by atoms with E-state index in [2.05, 4.69) is 24.2 Å². The van der Waals surface area contributed by atoms with E-state index < -0.39 is 0 Å². The maximum Gasteiger partial charge on any atom is 0.147 e. The third-order valence-corrected chi connectivity index (χ3v) is 4.58. The van der Waals surface area contributed by atoms with Crippen LogP contribution in [0.1, 0.15) is 41.8 Å². The van der Waals surface area contributed by atoms with Crippen LogP contribution >= 0.6 is 11.6 Å². The van der Waals surface area contributed by atoms with Crippen LogP contribution in [-0.2, 0) is 18.3 Å². The summed E-state index contributed by atoms with van der Waals surface area (Å²) in [6.45, 7) is 2.14. The Morgan fingerprint density at radius 2 is 2.00 bits per heavy atom. The molecule has 108 valence electrons. The summed E-state index contributed by atoms with van der Waals surface area (Å²) in [4.78, 5) is 11.2. The van der Waals surface area contributed by atoms with Crippen LogP contribution in [-0.4, -0.2) is 16.1 Å². The number of nitrogens with zero attached hydrogens (tertiary/aromatic N) is 2. The molecule has 1 atom stereocenters. The highest BCUT2D eigenvalue weighted by atomic mass is 35.5. The van der Waals surface area contributed by atoms with E-state index in [1.165, 1.54) is 5.56 Å². The van der Waals surface area contributed by atoms with Crippen molar-refractivity contribution in [2.75, 3.05) is 0 Å². The number of hydrogen-bond donors (Lipinski definition) is 0. The lowest BCUT2D eigenvalue weighted by Crippen LogP contribution is -2.07. The number of aldehydes is 1. The molecule has 0 aliphatic heterocycles. The van der Waals surface area contributed by atoms with Crippen molar-refractivity contribution in [2.24, 2.45) is 7.05 Å². The number of carbonyl (C=O) groups is 1. The molecule has 1 aliphatic rings. The lowest BCUT2D eigenvalue weighted by atomic mass is 9.89. The number of halogens is 1. The highest BCUT2D eigenvalue weighted by Gasteiger charge is 2.28. The van der Waals surface area contributed by atoms with Gasteiger partial charge in [-0.1, -0.05) is 48.9 Å². The SMILES string of the molecule is CC(c1ccccc1)c1c2c(nn1C)CCC(C=O)=C2Cl. The van der Waals surface area contributed by atoms with Gasteiger partial charge >= 0.3 is 0 Å². The molecule has 0 bridgehead atoms. The van der Waals surface area contributed by atoms with Gasteiger partial charge in [0.1, 0.15) is 6.29 Å². The highest BCUT2D eigenvalue weighted by molar-refractivity contribution is 6.51. The largest absolute Gasteiger partial charge is 0.298 e. The molecule has 1 unspecified atom stereocenters. The van der Waals surface area contributed by atoms with Crippen LogP contribution in [0, 0.1) is 0 Å². The summed E-state index contributed by atoms with van der Waals surface area (Å²) in [6.07, 6.45) is 2.32. The van der Waals surface area contributed by atoms with Crippen molar-refractivity contribution in [3.63, 3.8) is 0 Å². The van der Waals surface area contributed by atoms with Crippen molar-refractivity contribution in [1.29, 1.82) is 0 Å². The van der Waals surface area contributed by atoms with Crippen LogP contribution in [0.15, 0.2) is 35.9 Å². The number of rotatable bonds is 3. The number of carbonyl (C=O) groups excluding carboxylic acids is 1. The van der Waals surface area contributed by atoms with E-state index in [0.717, 1.165) is 29.7 Å². The molecule has 1 aliphatic carbocycles. The van der Waals surface area contributed by atoms with Gasteiger partial charge in [-0.2, -0.15) is 5.10 Å². The third-order valence-electron chi connectivity index (χ3n) is 4.15. The van der Waals surface area contributed by atoms with Gasteiger partial charge in [-0.05, 0) is 18.4 Å². The Hall–Kier alpha value is -1.87. The lowest BCUT2D eigenvalue weighted by Gasteiger charge is -2.18. The first-order valence-electron chi connectivity index (χ1n) is 7.08. The number of benzene rings is 1. The summed E-state index contributed by atoms with van der Waals surface area (Å²) >= 11 is 6.46. The molecule has 0 spiro atoms. The van der Waals surface area contributed by atoms with Crippen LogP contribution in [0.3, 0.4) is 0 Å². The number of fused-ring (bicyclic) bond motifs is 1. The first-order valence-corrected chi connectivity index (χ1v) is 7.46. The predicted molar refractivity (Wildman–Crippen MR) is 84.3 cm³/mol. The zero-order chi connectivity index (χ0) is 15.0. The summed E-state index contributed by atoms with van der Waals surface area (Å²) in [7, 11) is 1.94. The minimum absolute atomic E-state index is 0.173. The normalized spacial score (nSPS) is 15.8. The van der Waals surface area contributed by atoms with Crippen molar-refractivity contribution in [2.45, 2.75) is 25.7 Å². The average Bonchev–Trinajstić information content (AvgIpc) is 2.85. The fourth-order valence-electron chi connectivity index (χ4n) is 3.04. The second kappa shape index (κ2) is 5.49. The van der Waals surface area contributed by atoms with Crippen molar-refractivity contribution in [3.8, 4) is 0 Å². The predicted octanol–water partition coefficient (Wildman–Crippen LogP) is 3.67. The topological polar surface area (TPSA) is 34.9 Å². The Kier molecular flexibility index (Phi) is 3.68. The molecule has 0 saturated heterocycles. The average molecular weight is 301 g/mol. The van der Waals surface area contributed by atoms with Gasteiger partial charge in [0.05, 0.1) is 16.4 Å². The van der Waals surface area contributed by atoms with E-state index in [0.29, 0.717) is 17.0 Å². The molecule has 1 heterocycles. The molecule has 3 rings (SSSR count). The molecule has 0 N–H and O–H groups in total. The Balaban J connectivity index is 2.16. The molecule has 0 saturated carbocycles. The number of aryl methyl sites for hydroxylation is 2. The van der Waals surface area contributed by atoms with Crippen molar-refractivity contribution < 1.29 is 4.79 Å². The van der Waals surface area contributed by atoms with Gasteiger partial charge in [0.2, 0.25) is 0 Å². The van der Waals surface area contributed by atoms with Gasteiger partial charge in [-0.3, -0.25) is 9.48 Å². The second-order valence-corrected chi connectivity index (χ2v) is 5.80. The molecule has 1 aromatic heterocycles. The molecule has 0 amide bonds. The maximum absolute atomic E-state index is 11.2. The fraction of sp³-hybridized carbons (Fsp3) is 0.294. The van der Waals surface area contributed by atoms with E-state index in [-0.39, 0.29) is 5.92 Å². The molecule has 0 fully saturated rings. The summed E-state index contributed by atoms with van der Waals surface area (Å²) in [5.74, 6) is 0.173. The number of hydrogen-bond acceptors (Lipinski definition) is 2. The maximum atomic E-state index is 11.2.